The molecule has 8 heteroatoms. The summed E-state index contributed by atoms with van der Waals surface area (Å²) in [5.41, 5.74) is 0.284. The standard InChI is InChI=1S/C19H16ClINO3PS/c1-26(24,25)18(16-11-27-17-6-5-13(20)10-15(16)17)19(23)22-8-7-12-3-2-4-14(21)9-12/h2-11,18H,1H3,(H,22,23)(H,24,25)/b8-7+. The van der Waals surface area contributed by atoms with Gasteiger partial charge >= 0.3 is 0 Å². The second kappa shape index (κ2) is 8.45. The number of amides is 1. The lowest BCUT2D eigenvalue weighted by atomic mass is 10.1. The Labute approximate surface area is 179 Å². The van der Waals surface area contributed by atoms with Crippen LogP contribution in [0, 0.1) is 3.57 Å². The zero-order valence-electron chi connectivity index (χ0n) is 14.2. The second-order valence-electron chi connectivity index (χ2n) is 6.07. The summed E-state index contributed by atoms with van der Waals surface area (Å²) in [5.74, 6) is -0.523. The lowest BCUT2D eigenvalue weighted by molar-refractivity contribution is -0.120. The Kier molecular flexibility index (Phi) is 6.43. The van der Waals surface area contributed by atoms with Crippen LogP contribution < -0.4 is 5.32 Å². The summed E-state index contributed by atoms with van der Waals surface area (Å²) in [5, 5.41) is 5.64. The molecule has 0 saturated carbocycles. The van der Waals surface area contributed by atoms with E-state index in [2.05, 4.69) is 27.9 Å². The number of carbonyl (C=O) groups excluding carboxylic acids is 1. The first-order valence-electron chi connectivity index (χ1n) is 7.95. The quantitative estimate of drug-likeness (QED) is 0.319. The fourth-order valence-electron chi connectivity index (χ4n) is 2.76. The maximum atomic E-state index is 12.7. The van der Waals surface area contributed by atoms with Gasteiger partial charge in [0.2, 0.25) is 13.3 Å². The van der Waals surface area contributed by atoms with Crippen LogP contribution in [0.15, 0.2) is 54.0 Å². The highest BCUT2D eigenvalue weighted by Gasteiger charge is 2.36. The van der Waals surface area contributed by atoms with Gasteiger partial charge in [0.15, 0.2) is 0 Å². The highest BCUT2D eigenvalue weighted by Crippen LogP contribution is 2.54. The van der Waals surface area contributed by atoms with Crippen molar-refractivity contribution >= 4 is 75.0 Å². The molecular formula is C19H16ClINO3PS. The van der Waals surface area contributed by atoms with Crippen LogP contribution in [0.5, 0.6) is 0 Å². The molecule has 1 aromatic heterocycles. The van der Waals surface area contributed by atoms with E-state index < -0.39 is 18.9 Å². The van der Waals surface area contributed by atoms with Crippen molar-refractivity contribution in [3.63, 3.8) is 0 Å². The fourth-order valence-corrected chi connectivity index (χ4v) is 5.81. The smallest absolute Gasteiger partial charge is 0.241 e. The monoisotopic (exact) mass is 531 g/mol. The molecule has 2 unspecified atom stereocenters. The van der Waals surface area contributed by atoms with Crippen LogP contribution in [-0.2, 0) is 9.36 Å². The van der Waals surface area contributed by atoms with Gasteiger partial charge in [-0.1, -0.05) is 23.7 Å². The van der Waals surface area contributed by atoms with Crippen molar-refractivity contribution in [1.29, 1.82) is 0 Å². The molecule has 3 aromatic rings. The van der Waals surface area contributed by atoms with Gasteiger partial charge < -0.3 is 10.2 Å². The molecule has 1 amide bonds. The number of hydrogen-bond acceptors (Lipinski definition) is 3. The number of nitrogens with one attached hydrogen (secondary N) is 1. The second-order valence-corrected chi connectivity index (χ2v) is 11.1. The molecule has 0 aliphatic rings. The highest BCUT2D eigenvalue weighted by atomic mass is 127. The molecule has 0 bridgehead atoms. The summed E-state index contributed by atoms with van der Waals surface area (Å²) in [6, 6.07) is 13.1. The summed E-state index contributed by atoms with van der Waals surface area (Å²) in [6.45, 7) is 1.20. The summed E-state index contributed by atoms with van der Waals surface area (Å²) < 4.78 is 14.5. The SMILES string of the molecule is CP(=O)(O)C(C(=O)N/C=C/c1cccc(I)c1)c1csc2ccc(Cl)cc12. The van der Waals surface area contributed by atoms with Gasteiger partial charge in [-0.15, -0.1) is 11.3 Å². The Morgan fingerprint density at radius 3 is 2.81 bits per heavy atom. The topological polar surface area (TPSA) is 66.4 Å². The number of thiophene rings is 1. The molecule has 0 fully saturated rings. The Bertz CT molecular complexity index is 1080. The van der Waals surface area contributed by atoms with Crippen molar-refractivity contribution in [1.82, 2.24) is 5.32 Å². The Hall–Kier alpha value is -1.18. The van der Waals surface area contributed by atoms with Gasteiger partial charge in [-0.2, -0.15) is 0 Å². The molecule has 140 valence electrons. The van der Waals surface area contributed by atoms with E-state index in [1.165, 1.54) is 24.2 Å². The highest BCUT2D eigenvalue weighted by molar-refractivity contribution is 14.1. The van der Waals surface area contributed by atoms with Crippen molar-refractivity contribution in [2.45, 2.75) is 5.66 Å². The van der Waals surface area contributed by atoms with Gasteiger partial charge in [-0.3, -0.25) is 9.36 Å². The van der Waals surface area contributed by atoms with E-state index in [1.54, 1.807) is 23.6 Å². The molecule has 0 radical (unpaired) electrons. The van der Waals surface area contributed by atoms with Crippen molar-refractivity contribution in [3.05, 3.63) is 73.8 Å². The van der Waals surface area contributed by atoms with Gasteiger partial charge in [0, 0.05) is 26.2 Å². The predicted molar refractivity (Wildman–Crippen MR) is 122 cm³/mol. The fraction of sp³-hybridized carbons (Fsp3) is 0.105. The van der Waals surface area contributed by atoms with Crippen LogP contribution in [0.25, 0.3) is 16.2 Å². The molecule has 0 aliphatic heterocycles. The van der Waals surface area contributed by atoms with E-state index in [9.17, 15) is 14.3 Å². The molecule has 0 spiro atoms. The maximum Gasteiger partial charge on any atom is 0.241 e. The lowest BCUT2D eigenvalue weighted by Crippen LogP contribution is -2.25. The summed E-state index contributed by atoms with van der Waals surface area (Å²) in [7, 11) is -3.74. The Morgan fingerprint density at radius 2 is 2.11 bits per heavy atom. The zero-order chi connectivity index (χ0) is 19.6. The molecule has 0 saturated heterocycles. The third-order valence-electron chi connectivity index (χ3n) is 3.94. The predicted octanol–water partition coefficient (Wildman–Crippen LogP) is 5.89. The first-order chi connectivity index (χ1) is 12.8. The lowest BCUT2D eigenvalue weighted by Gasteiger charge is -2.18. The van der Waals surface area contributed by atoms with Crippen LogP contribution in [0.3, 0.4) is 0 Å². The summed E-state index contributed by atoms with van der Waals surface area (Å²) in [4.78, 5) is 23.0. The number of halogens is 2. The third kappa shape index (κ3) is 5.00. The number of fused-ring (bicyclic) bond motifs is 1. The maximum absolute atomic E-state index is 12.7. The minimum Gasteiger partial charge on any atom is -0.344 e. The van der Waals surface area contributed by atoms with Crippen LogP contribution in [0.2, 0.25) is 5.02 Å². The van der Waals surface area contributed by atoms with Crippen LogP contribution in [-0.4, -0.2) is 17.5 Å². The van der Waals surface area contributed by atoms with E-state index >= 15 is 0 Å². The van der Waals surface area contributed by atoms with Crippen LogP contribution >= 0.6 is 52.9 Å². The van der Waals surface area contributed by atoms with Crippen molar-refractivity contribution in [2.24, 2.45) is 0 Å². The van der Waals surface area contributed by atoms with Gasteiger partial charge in [-0.05, 0) is 80.9 Å². The number of carbonyl (C=O) groups is 1. The van der Waals surface area contributed by atoms with Crippen molar-refractivity contribution < 1.29 is 14.3 Å². The van der Waals surface area contributed by atoms with Crippen molar-refractivity contribution in [2.75, 3.05) is 6.66 Å². The van der Waals surface area contributed by atoms with E-state index in [0.717, 1.165) is 19.2 Å². The number of hydrogen-bond donors (Lipinski definition) is 2. The molecule has 1 heterocycles. The van der Waals surface area contributed by atoms with Crippen LogP contribution in [0.4, 0.5) is 0 Å². The number of rotatable bonds is 5. The van der Waals surface area contributed by atoms with Crippen LogP contribution in [0.1, 0.15) is 16.8 Å². The molecule has 2 N–H and O–H groups in total. The Balaban J connectivity index is 1.89. The first-order valence-corrected chi connectivity index (χ1v) is 12.5. The average Bonchev–Trinajstić information content (AvgIpc) is 2.96. The van der Waals surface area contributed by atoms with Gasteiger partial charge in [0.25, 0.3) is 0 Å². The normalized spacial score (nSPS) is 15.0. The molecule has 27 heavy (non-hydrogen) atoms. The van der Waals surface area contributed by atoms with E-state index in [0.29, 0.717) is 10.6 Å². The first kappa shape index (κ1) is 20.6. The molecule has 2 aromatic carbocycles. The zero-order valence-corrected chi connectivity index (χ0v) is 18.9. The molecule has 0 aliphatic carbocycles. The van der Waals surface area contributed by atoms with E-state index in [4.69, 9.17) is 11.6 Å². The van der Waals surface area contributed by atoms with Gasteiger partial charge in [0.1, 0.15) is 5.66 Å². The Morgan fingerprint density at radius 1 is 1.33 bits per heavy atom. The van der Waals surface area contributed by atoms with E-state index in [1.807, 2.05) is 30.3 Å². The van der Waals surface area contributed by atoms with Gasteiger partial charge in [-0.25, -0.2) is 0 Å². The molecule has 3 rings (SSSR count). The number of benzene rings is 2. The molecule has 4 nitrogen and oxygen atoms in total. The minimum absolute atomic E-state index is 0.517. The molecule has 2 atom stereocenters. The minimum atomic E-state index is -3.74. The van der Waals surface area contributed by atoms with Crippen molar-refractivity contribution in [3.8, 4) is 0 Å². The average molecular weight is 532 g/mol. The summed E-state index contributed by atoms with van der Waals surface area (Å²) in [6.07, 6.45) is 3.25. The third-order valence-corrected chi connectivity index (χ3v) is 7.30. The largest absolute Gasteiger partial charge is 0.344 e. The summed E-state index contributed by atoms with van der Waals surface area (Å²) >= 11 is 9.70. The molecular weight excluding hydrogens is 516 g/mol. The van der Waals surface area contributed by atoms with E-state index in [-0.39, 0.29) is 0 Å². The van der Waals surface area contributed by atoms with Gasteiger partial charge in [0.05, 0.1) is 0 Å².